The predicted octanol–water partition coefficient (Wildman–Crippen LogP) is 0.492. The van der Waals surface area contributed by atoms with E-state index >= 15 is 0 Å². The molecule has 0 unspecified atom stereocenters. The summed E-state index contributed by atoms with van der Waals surface area (Å²) in [6, 6.07) is 0. The summed E-state index contributed by atoms with van der Waals surface area (Å²) in [4.78, 5) is 0. The number of hydrogen-bond acceptors (Lipinski definition) is 5. The van der Waals surface area contributed by atoms with E-state index in [-0.39, 0.29) is 11.5 Å². The van der Waals surface area contributed by atoms with Crippen LogP contribution in [0.25, 0.3) is 0 Å². The number of unbranched alkanes of at least 4 members (excludes halogenated alkanes) is 2. The van der Waals surface area contributed by atoms with E-state index in [1.54, 1.807) is 0 Å². The Morgan fingerprint density at radius 2 is 0.963 bits per heavy atom. The number of rotatable bonds is 16. The van der Waals surface area contributed by atoms with Gasteiger partial charge in [-0.25, -0.2) is 0 Å². The lowest BCUT2D eigenvalue weighted by Crippen LogP contribution is -2.45. The first-order chi connectivity index (χ1) is 12.1. The van der Waals surface area contributed by atoms with E-state index in [1.165, 1.54) is 0 Å². The molecule has 0 aliphatic heterocycles. The summed E-state index contributed by atoms with van der Waals surface area (Å²) in [5.74, 6) is -0.387. The van der Waals surface area contributed by atoms with Crippen LogP contribution in [0.4, 0.5) is 0 Å². The van der Waals surface area contributed by atoms with Gasteiger partial charge in [-0.05, 0) is 25.7 Å². The van der Waals surface area contributed by atoms with Gasteiger partial charge in [-0.3, -0.25) is 9.11 Å². The molecule has 0 aliphatic carbocycles. The fourth-order valence-electron chi connectivity index (χ4n) is 2.60. The minimum Gasteiger partial charge on any atom is -0.370 e. The molecule has 0 spiro atoms. The van der Waals surface area contributed by atoms with Crippen molar-refractivity contribution in [2.75, 3.05) is 79.1 Å². The van der Waals surface area contributed by atoms with Crippen molar-refractivity contribution in [3.05, 3.63) is 0 Å². The van der Waals surface area contributed by atoms with Crippen molar-refractivity contribution in [3.63, 3.8) is 0 Å². The van der Waals surface area contributed by atoms with Crippen LogP contribution in [0.5, 0.6) is 0 Å². The Morgan fingerprint density at radius 1 is 0.630 bits per heavy atom. The van der Waals surface area contributed by atoms with Gasteiger partial charge in [0.15, 0.2) is 0 Å². The van der Waals surface area contributed by atoms with E-state index < -0.39 is 20.2 Å². The Balaban J connectivity index is 3.85. The minimum absolute atomic E-state index is 0.194. The number of ether oxygens (including phenoxy) is 1. The number of nitrogens with zero attached hydrogens (tertiary/aromatic N) is 2. The first kappa shape index (κ1) is 26.7. The molecule has 9 nitrogen and oxygen atoms in total. The molecular weight excluding hydrogens is 396 g/mol. The van der Waals surface area contributed by atoms with Crippen molar-refractivity contribution in [1.82, 2.24) is 0 Å². The van der Waals surface area contributed by atoms with E-state index in [2.05, 4.69) is 28.2 Å². The van der Waals surface area contributed by atoms with Crippen LogP contribution < -0.4 is 0 Å². The lowest BCUT2D eigenvalue weighted by atomic mass is 10.3. The molecule has 0 amide bonds. The Bertz CT molecular complexity index is 563. The molecule has 0 saturated heterocycles. The zero-order valence-corrected chi connectivity index (χ0v) is 18.8. The molecule has 0 rings (SSSR count). The minimum atomic E-state index is -3.87. The Labute approximate surface area is 165 Å². The van der Waals surface area contributed by atoms with Crippen molar-refractivity contribution in [1.29, 1.82) is 0 Å². The zero-order chi connectivity index (χ0) is 21.2. The van der Waals surface area contributed by atoms with Crippen LogP contribution in [0, 0.1) is 0 Å². The SMILES string of the molecule is C[N+](C)(CCCCS(=O)(=O)O)CCOCC[N+](C)(C)CCCCS(=O)(=O)O. The molecule has 0 radical (unpaired) electrons. The summed E-state index contributed by atoms with van der Waals surface area (Å²) < 4.78 is 67.4. The first-order valence-electron chi connectivity index (χ1n) is 9.24. The average Bonchev–Trinajstić information content (AvgIpc) is 2.46. The van der Waals surface area contributed by atoms with Crippen LogP contribution in [-0.4, -0.2) is 114 Å². The van der Waals surface area contributed by atoms with E-state index in [0.717, 1.165) is 48.0 Å². The highest BCUT2D eigenvalue weighted by atomic mass is 32.2. The van der Waals surface area contributed by atoms with Crippen LogP contribution in [0.15, 0.2) is 0 Å². The quantitative estimate of drug-likeness (QED) is 0.206. The van der Waals surface area contributed by atoms with Crippen molar-refractivity contribution in [2.24, 2.45) is 0 Å². The summed E-state index contributed by atoms with van der Waals surface area (Å²) >= 11 is 0. The van der Waals surface area contributed by atoms with Gasteiger partial charge < -0.3 is 13.7 Å². The Kier molecular flexibility index (Phi) is 11.5. The van der Waals surface area contributed by atoms with Crippen LogP contribution in [0.3, 0.4) is 0 Å². The van der Waals surface area contributed by atoms with E-state index in [1.807, 2.05) is 0 Å². The van der Waals surface area contributed by atoms with Crippen LogP contribution in [0.1, 0.15) is 25.7 Å². The second-order valence-corrected chi connectivity index (χ2v) is 11.5. The second-order valence-electron chi connectivity index (χ2n) is 8.36. The second kappa shape index (κ2) is 11.6. The van der Waals surface area contributed by atoms with Crippen molar-refractivity contribution >= 4 is 20.2 Å². The maximum absolute atomic E-state index is 10.7. The summed E-state index contributed by atoms with van der Waals surface area (Å²) in [5.41, 5.74) is 0. The van der Waals surface area contributed by atoms with Gasteiger partial charge in [-0.1, -0.05) is 0 Å². The average molecular weight is 435 g/mol. The standard InChI is InChI=1S/C16H36N2O7S2/c1-17(2,9-5-7-15-26(19,20)21)11-13-25-14-12-18(3,4)10-6-8-16-27(22,23)24/h5-16H2,1-4H3/p+2. The first-order valence-corrected chi connectivity index (χ1v) is 12.5. The monoisotopic (exact) mass is 434 g/mol. The molecule has 0 aromatic rings. The van der Waals surface area contributed by atoms with Crippen LogP contribution >= 0.6 is 0 Å². The molecule has 27 heavy (non-hydrogen) atoms. The van der Waals surface area contributed by atoms with E-state index in [0.29, 0.717) is 26.1 Å². The predicted molar refractivity (Wildman–Crippen MR) is 106 cm³/mol. The molecule has 164 valence electrons. The van der Waals surface area contributed by atoms with Gasteiger partial charge in [-0.2, -0.15) is 16.8 Å². The van der Waals surface area contributed by atoms with E-state index in [9.17, 15) is 16.8 Å². The third kappa shape index (κ3) is 18.8. The zero-order valence-electron chi connectivity index (χ0n) is 17.1. The molecule has 0 saturated carbocycles. The van der Waals surface area contributed by atoms with Crippen molar-refractivity contribution in [3.8, 4) is 0 Å². The van der Waals surface area contributed by atoms with Crippen molar-refractivity contribution < 1.29 is 39.6 Å². The van der Waals surface area contributed by atoms with Gasteiger partial charge in [0.05, 0.1) is 66.0 Å². The topological polar surface area (TPSA) is 118 Å². The Hall–Kier alpha value is -0.300. The van der Waals surface area contributed by atoms with Crippen LogP contribution in [0.2, 0.25) is 0 Å². The fourth-order valence-corrected chi connectivity index (χ4v) is 3.74. The summed E-state index contributed by atoms with van der Waals surface area (Å²) in [5, 5.41) is 0. The lowest BCUT2D eigenvalue weighted by molar-refractivity contribution is -0.894. The maximum Gasteiger partial charge on any atom is 0.264 e. The van der Waals surface area contributed by atoms with Gasteiger partial charge in [0.1, 0.15) is 13.1 Å². The number of likely N-dealkylation sites (N-methyl/N-ethyl adjacent to an activating group) is 2. The third-order valence-corrected chi connectivity index (χ3v) is 6.12. The lowest BCUT2D eigenvalue weighted by Gasteiger charge is -2.31. The highest BCUT2D eigenvalue weighted by Crippen LogP contribution is 2.05. The van der Waals surface area contributed by atoms with Crippen molar-refractivity contribution in [2.45, 2.75) is 25.7 Å². The van der Waals surface area contributed by atoms with Crippen LogP contribution in [-0.2, 0) is 25.0 Å². The molecule has 2 N–H and O–H groups in total. The van der Waals surface area contributed by atoms with Gasteiger partial charge >= 0.3 is 0 Å². The molecule has 0 bridgehead atoms. The molecule has 0 aliphatic rings. The van der Waals surface area contributed by atoms with E-state index in [4.69, 9.17) is 13.8 Å². The van der Waals surface area contributed by atoms with Gasteiger partial charge in [0.2, 0.25) is 0 Å². The molecule has 0 fully saturated rings. The highest BCUT2D eigenvalue weighted by Gasteiger charge is 2.17. The summed E-state index contributed by atoms with van der Waals surface area (Å²) in [6.45, 7) is 4.46. The number of hydrogen-bond donors (Lipinski definition) is 2. The highest BCUT2D eigenvalue weighted by molar-refractivity contribution is 7.86. The third-order valence-electron chi connectivity index (χ3n) is 4.51. The van der Waals surface area contributed by atoms with Gasteiger partial charge in [-0.15, -0.1) is 0 Å². The van der Waals surface area contributed by atoms with Gasteiger partial charge in [0, 0.05) is 0 Å². The largest absolute Gasteiger partial charge is 0.370 e. The maximum atomic E-state index is 10.7. The van der Waals surface area contributed by atoms with Gasteiger partial charge in [0.25, 0.3) is 20.2 Å². The smallest absolute Gasteiger partial charge is 0.264 e. The fraction of sp³-hybridized carbons (Fsp3) is 1.00. The molecule has 0 heterocycles. The normalized spacial score (nSPS) is 13.9. The molecule has 0 atom stereocenters. The Morgan fingerprint density at radius 3 is 1.26 bits per heavy atom. The summed E-state index contributed by atoms with van der Waals surface area (Å²) in [7, 11) is 0.503. The molecular formula is C16H38N2O7S2+2. The molecule has 0 aromatic carbocycles. The molecule has 11 heteroatoms. The number of quaternary nitrogens is 2. The molecule has 0 aromatic heterocycles. The summed E-state index contributed by atoms with van der Waals surface area (Å²) in [6.07, 6.45) is 2.34.